The smallest absolute Gasteiger partial charge is 0.111 e. The predicted octanol–water partition coefficient (Wildman–Crippen LogP) is 4.50. The molecule has 2 aliphatic carbocycles. The Morgan fingerprint density at radius 1 is 1.25 bits per heavy atom. The van der Waals surface area contributed by atoms with Gasteiger partial charge < -0.3 is 4.42 Å². The van der Waals surface area contributed by atoms with E-state index in [0.29, 0.717) is 5.92 Å². The summed E-state index contributed by atoms with van der Waals surface area (Å²) < 4.78 is 5.80. The van der Waals surface area contributed by atoms with Gasteiger partial charge in [0.1, 0.15) is 11.5 Å². The maximum absolute atomic E-state index is 5.80. The molecule has 0 fully saturated rings. The highest BCUT2D eigenvalue weighted by Gasteiger charge is 2.28. The Morgan fingerprint density at radius 3 is 2.88 bits per heavy atom. The molecule has 84 valence electrons. The van der Waals surface area contributed by atoms with E-state index in [1.807, 2.05) is 6.92 Å². The molecule has 0 N–H and O–H groups in total. The summed E-state index contributed by atoms with van der Waals surface area (Å²) in [5.74, 6) is 2.71. The summed E-state index contributed by atoms with van der Waals surface area (Å²) in [7, 11) is 0. The first-order valence-corrected chi connectivity index (χ1v) is 6.19. The fourth-order valence-electron chi connectivity index (χ4n) is 3.05. The number of rotatable bonds is 1. The van der Waals surface area contributed by atoms with Gasteiger partial charge in [-0.15, -0.1) is 0 Å². The van der Waals surface area contributed by atoms with Crippen LogP contribution in [0.5, 0.6) is 0 Å². The van der Waals surface area contributed by atoms with Gasteiger partial charge in [-0.3, -0.25) is 0 Å². The van der Waals surface area contributed by atoms with Crippen LogP contribution in [0.1, 0.15) is 50.0 Å². The molecule has 3 rings (SSSR count). The third kappa shape index (κ3) is 1.55. The predicted molar refractivity (Wildman–Crippen MR) is 65.4 cm³/mol. The third-order valence-electron chi connectivity index (χ3n) is 3.75. The van der Waals surface area contributed by atoms with E-state index in [2.05, 4.69) is 25.1 Å². The molecule has 0 bridgehead atoms. The number of hydrogen-bond donors (Lipinski definition) is 0. The highest BCUT2D eigenvalue weighted by Crippen LogP contribution is 2.44. The van der Waals surface area contributed by atoms with E-state index in [1.165, 1.54) is 31.3 Å². The van der Waals surface area contributed by atoms with E-state index >= 15 is 0 Å². The van der Waals surface area contributed by atoms with Gasteiger partial charge in [0.25, 0.3) is 0 Å². The Bertz CT molecular complexity index is 473. The van der Waals surface area contributed by atoms with E-state index in [4.69, 9.17) is 4.42 Å². The van der Waals surface area contributed by atoms with Gasteiger partial charge in [-0.05, 0) is 57.2 Å². The maximum Gasteiger partial charge on any atom is 0.111 e. The molecular formula is C15H18O. The van der Waals surface area contributed by atoms with E-state index in [-0.39, 0.29) is 0 Å². The van der Waals surface area contributed by atoms with Gasteiger partial charge in [-0.1, -0.05) is 17.2 Å². The number of hydrogen-bond acceptors (Lipinski definition) is 1. The van der Waals surface area contributed by atoms with Crippen molar-refractivity contribution in [1.82, 2.24) is 0 Å². The molecule has 0 saturated heterocycles. The minimum Gasteiger partial charge on any atom is -0.466 e. The first kappa shape index (κ1) is 9.95. The van der Waals surface area contributed by atoms with Crippen molar-refractivity contribution in [2.45, 2.75) is 45.4 Å². The molecular weight excluding hydrogens is 196 g/mol. The van der Waals surface area contributed by atoms with Crippen molar-refractivity contribution in [1.29, 1.82) is 0 Å². The molecule has 0 aromatic carbocycles. The summed E-state index contributed by atoms with van der Waals surface area (Å²) in [5.41, 5.74) is 4.72. The molecule has 0 radical (unpaired) electrons. The summed E-state index contributed by atoms with van der Waals surface area (Å²) in [6.07, 6.45) is 7.43. The molecule has 1 heteroatoms. The van der Waals surface area contributed by atoms with Crippen LogP contribution in [0.3, 0.4) is 0 Å². The van der Waals surface area contributed by atoms with E-state index in [1.54, 1.807) is 11.1 Å². The second-order valence-corrected chi connectivity index (χ2v) is 5.12. The topological polar surface area (TPSA) is 13.1 Å². The Morgan fingerprint density at radius 2 is 2.12 bits per heavy atom. The molecule has 0 spiro atoms. The van der Waals surface area contributed by atoms with Gasteiger partial charge in [0, 0.05) is 5.92 Å². The lowest BCUT2D eigenvalue weighted by Crippen LogP contribution is -2.06. The van der Waals surface area contributed by atoms with Gasteiger partial charge in [0.05, 0.1) is 0 Å². The first-order valence-electron chi connectivity index (χ1n) is 6.19. The van der Waals surface area contributed by atoms with Crippen LogP contribution in [0.15, 0.2) is 39.3 Å². The van der Waals surface area contributed by atoms with Crippen LogP contribution in [0.25, 0.3) is 0 Å². The molecule has 1 heterocycles. The molecule has 16 heavy (non-hydrogen) atoms. The second-order valence-electron chi connectivity index (χ2n) is 5.12. The fraction of sp³-hybridized carbons (Fsp3) is 0.467. The molecule has 1 aromatic heterocycles. The zero-order chi connectivity index (χ0) is 11.1. The molecule has 1 atom stereocenters. The van der Waals surface area contributed by atoms with E-state index in [0.717, 1.165) is 11.5 Å². The normalized spacial score (nSPS) is 24.6. The van der Waals surface area contributed by atoms with Crippen molar-refractivity contribution in [3.63, 3.8) is 0 Å². The maximum atomic E-state index is 5.80. The van der Waals surface area contributed by atoms with Crippen molar-refractivity contribution >= 4 is 0 Å². The molecule has 1 nitrogen and oxygen atoms in total. The number of aryl methyl sites for hydroxylation is 1. The van der Waals surface area contributed by atoms with Crippen LogP contribution in [-0.2, 0) is 0 Å². The van der Waals surface area contributed by atoms with Crippen molar-refractivity contribution in [3.05, 3.63) is 46.4 Å². The monoisotopic (exact) mass is 214 g/mol. The van der Waals surface area contributed by atoms with Crippen LogP contribution >= 0.6 is 0 Å². The lowest BCUT2D eigenvalue weighted by atomic mass is 9.83. The van der Waals surface area contributed by atoms with E-state index in [9.17, 15) is 0 Å². The largest absolute Gasteiger partial charge is 0.466 e. The van der Waals surface area contributed by atoms with Crippen LogP contribution in [0.2, 0.25) is 0 Å². The van der Waals surface area contributed by atoms with Crippen LogP contribution < -0.4 is 0 Å². The van der Waals surface area contributed by atoms with Crippen LogP contribution in [0, 0.1) is 6.92 Å². The van der Waals surface area contributed by atoms with E-state index < -0.39 is 0 Å². The van der Waals surface area contributed by atoms with Gasteiger partial charge in [0.2, 0.25) is 0 Å². The highest BCUT2D eigenvalue weighted by atomic mass is 16.3. The lowest BCUT2D eigenvalue weighted by molar-refractivity contribution is 0.440. The summed E-state index contributed by atoms with van der Waals surface area (Å²) in [6, 6.07) is 4.23. The standard InChI is InChI=1S/C15H18O/c1-10-8-12-4-3-5-13(14(12)9-10)15-7-6-11(2)16-15/h6-7,9,13H,3-5,8H2,1-2H3. The first-order chi connectivity index (χ1) is 7.74. The summed E-state index contributed by atoms with van der Waals surface area (Å²) >= 11 is 0. The molecule has 1 aromatic rings. The highest BCUT2D eigenvalue weighted by molar-refractivity contribution is 5.45. The molecule has 0 aliphatic heterocycles. The second kappa shape index (κ2) is 3.65. The molecule has 0 amide bonds. The summed E-state index contributed by atoms with van der Waals surface area (Å²) in [5, 5.41) is 0. The van der Waals surface area contributed by atoms with Gasteiger partial charge in [-0.2, -0.15) is 0 Å². The summed E-state index contributed by atoms with van der Waals surface area (Å²) in [4.78, 5) is 0. The van der Waals surface area contributed by atoms with Gasteiger partial charge in [-0.25, -0.2) is 0 Å². The quantitative estimate of drug-likeness (QED) is 0.670. The minimum atomic E-state index is 0.523. The van der Waals surface area contributed by atoms with Crippen molar-refractivity contribution in [3.8, 4) is 0 Å². The zero-order valence-electron chi connectivity index (χ0n) is 10.0. The Balaban J connectivity index is 1.98. The summed E-state index contributed by atoms with van der Waals surface area (Å²) in [6.45, 7) is 4.26. The SMILES string of the molecule is CC1=CC2=C(CCCC2c2ccc(C)o2)C1. The third-order valence-corrected chi connectivity index (χ3v) is 3.75. The molecule has 0 saturated carbocycles. The average Bonchev–Trinajstić information content (AvgIpc) is 2.82. The fourth-order valence-corrected chi connectivity index (χ4v) is 3.05. The zero-order valence-corrected chi connectivity index (χ0v) is 10.0. The number of allylic oxidation sites excluding steroid dienone is 4. The Kier molecular flexibility index (Phi) is 2.27. The molecule has 1 unspecified atom stereocenters. The van der Waals surface area contributed by atoms with Gasteiger partial charge in [0.15, 0.2) is 0 Å². The van der Waals surface area contributed by atoms with Crippen molar-refractivity contribution in [2.75, 3.05) is 0 Å². The van der Waals surface area contributed by atoms with Crippen LogP contribution in [-0.4, -0.2) is 0 Å². The molecule has 2 aliphatic rings. The van der Waals surface area contributed by atoms with Crippen LogP contribution in [0.4, 0.5) is 0 Å². The minimum absolute atomic E-state index is 0.523. The Hall–Kier alpha value is -1.24. The van der Waals surface area contributed by atoms with Crippen molar-refractivity contribution in [2.24, 2.45) is 0 Å². The number of furan rings is 1. The lowest BCUT2D eigenvalue weighted by Gasteiger charge is -2.22. The Labute approximate surface area is 96.8 Å². The van der Waals surface area contributed by atoms with Crippen molar-refractivity contribution < 1.29 is 4.42 Å². The van der Waals surface area contributed by atoms with Gasteiger partial charge >= 0.3 is 0 Å². The average molecular weight is 214 g/mol.